The number of rotatable bonds is 7. The van der Waals surface area contributed by atoms with Crippen molar-refractivity contribution < 1.29 is 9.18 Å². The monoisotopic (exact) mass is 329 g/mol. The second kappa shape index (κ2) is 9.03. The van der Waals surface area contributed by atoms with Gasteiger partial charge in [-0.05, 0) is 43.8 Å². The van der Waals surface area contributed by atoms with Crippen LogP contribution in [0.2, 0.25) is 0 Å². The summed E-state index contributed by atoms with van der Waals surface area (Å²) >= 11 is 0. The second-order valence-corrected chi connectivity index (χ2v) is 5.90. The number of carbonyl (C=O) groups is 1. The maximum absolute atomic E-state index is 12.8. The lowest BCUT2D eigenvalue weighted by molar-refractivity contribution is 0.233. The van der Waals surface area contributed by atoms with Crippen LogP contribution in [0.1, 0.15) is 17.2 Å². The van der Waals surface area contributed by atoms with E-state index in [1.165, 1.54) is 12.1 Å². The van der Waals surface area contributed by atoms with E-state index < -0.39 is 0 Å². The summed E-state index contributed by atoms with van der Waals surface area (Å²) in [6, 6.07) is 16.3. The van der Waals surface area contributed by atoms with Crippen LogP contribution in [0.5, 0.6) is 0 Å². The minimum Gasteiger partial charge on any atom is -0.338 e. The molecule has 0 spiro atoms. The molecule has 5 heteroatoms. The molecule has 2 N–H and O–H groups in total. The van der Waals surface area contributed by atoms with E-state index in [1.54, 1.807) is 12.1 Å². The molecule has 0 heterocycles. The zero-order chi connectivity index (χ0) is 17.4. The standard InChI is InChI=1S/C19H24FN3O/c1-23(2)18(16-6-4-3-5-7-16)14-22-19(24)21-13-12-15-8-10-17(20)11-9-15/h3-11,18H,12-14H2,1-2H3,(H2,21,22,24)/t18-/m0/s1. The average molecular weight is 329 g/mol. The number of nitrogens with one attached hydrogen (secondary N) is 2. The molecule has 0 aromatic heterocycles. The van der Waals surface area contributed by atoms with E-state index in [9.17, 15) is 9.18 Å². The van der Waals surface area contributed by atoms with E-state index >= 15 is 0 Å². The normalized spacial score (nSPS) is 12.0. The Morgan fingerprint density at radius 1 is 1.04 bits per heavy atom. The molecule has 0 fully saturated rings. The lowest BCUT2D eigenvalue weighted by atomic mass is 10.1. The Kier molecular flexibility index (Phi) is 6.75. The third kappa shape index (κ3) is 5.66. The first-order chi connectivity index (χ1) is 11.6. The van der Waals surface area contributed by atoms with Gasteiger partial charge in [-0.2, -0.15) is 0 Å². The molecule has 0 saturated carbocycles. The lowest BCUT2D eigenvalue weighted by Crippen LogP contribution is -2.41. The van der Waals surface area contributed by atoms with Gasteiger partial charge in [0.15, 0.2) is 0 Å². The van der Waals surface area contributed by atoms with Gasteiger partial charge in [0, 0.05) is 13.1 Å². The van der Waals surface area contributed by atoms with Gasteiger partial charge in [-0.1, -0.05) is 42.5 Å². The van der Waals surface area contributed by atoms with Gasteiger partial charge in [0.2, 0.25) is 0 Å². The number of hydrogen-bond donors (Lipinski definition) is 2. The molecule has 2 aromatic rings. The van der Waals surface area contributed by atoms with Crippen molar-refractivity contribution in [3.8, 4) is 0 Å². The van der Waals surface area contributed by atoms with E-state index in [0.29, 0.717) is 19.5 Å². The molecule has 0 aliphatic heterocycles. The largest absolute Gasteiger partial charge is 0.338 e. The Labute approximate surface area is 142 Å². The molecule has 0 aliphatic carbocycles. The molecule has 4 nitrogen and oxygen atoms in total. The molecular formula is C19H24FN3O. The predicted octanol–water partition coefficient (Wildman–Crippen LogP) is 2.97. The molecule has 24 heavy (non-hydrogen) atoms. The maximum atomic E-state index is 12.8. The van der Waals surface area contributed by atoms with Gasteiger partial charge < -0.3 is 15.5 Å². The summed E-state index contributed by atoms with van der Waals surface area (Å²) < 4.78 is 12.8. The first-order valence-electron chi connectivity index (χ1n) is 8.04. The Hall–Kier alpha value is -2.40. The van der Waals surface area contributed by atoms with Crippen molar-refractivity contribution >= 4 is 6.03 Å². The summed E-state index contributed by atoms with van der Waals surface area (Å²) in [5, 5.41) is 5.74. The maximum Gasteiger partial charge on any atom is 0.314 e. The van der Waals surface area contributed by atoms with Gasteiger partial charge in [-0.15, -0.1) is 0 Å². The zero-order valence-corrected chi connectivity index (χ0v) is 14.1. The lowest BCUT2D eigenvalue weighted by Gasteiger charge is -2.25. The molecule has 0 aliphatic rings. The number of urea groups is 1. The summed E-state index contributed by atoms with van der Waals surface area (Å²) in [4.78, 5) is 14.0. The van der Waals surface area contributed by atoms with Gasteiger partial charge in [-0.25, -0.2) is 9.18 Å². The number of nitrogens with zero attached hydrogens (tertiary/aromatic N) is 1. The Balaban J connectivity index is 1.76. The summed E-state index contributed by atoms with van der Waals surface area (Å²) in [6.07, 6.45) is 0.670. The molecule has 0 unspecified atom stereocenters. The topological polar surface area (TPSA) is 44.4 Å². The number of carbonyl (C=O) groups excluding carboxylic acids is 1. The third-order valence-electron chi connectivity index (χ3n) is 3.88. The zero-order valence-electron chi connectivity index (χ0n) is 14.1. The predicted molar refractivity (Wildman–Crippen MR) is 94.4 cm³/mol. The number of halogens is 1. The molecule has 2 aromatic carbocycles. The van der Waals surface area contributed by atoms with Crippen LogP contribution >= 0.6 is 0 Å². The highest BCUT2D eigenvalue weighted by molar-refractivity contribution is 5.73. The smallest absolute Gasteiger partial charge is 0.314 e. The van der Waals surface area contributed by atoms with E-state index in [1.807, 2.05) is 32.3 Å². The third-order valence-corrected chi connectivity index (χ3v) is 3.88. The van der Waals surface area contributed by atoms with Crippen LogP contribution in [0.3, 0.4) is 0 Å². The average Bonchev–Trinajstić information content (AvgIpc) is 2.57. The van der Waals surface area contributed by atoms with Gasteiger partial charge in [0.25, 0.3) is 0 Å². The molecule has 2 rings (SSSR count). The highest BCUT2D eigenvalue weighted by Gasteiger charge is 2.14. The summed E-state index contributed by atoms with van der Waals surface area (Å²) in [5.41, 5.74) is 2.15. The molecule has 128 valence electrons. The van der Waals surface area contributed by atoms with Crippen LogP contribution < -0.4 is 10.6 Å². The first kappa shape index (κ1) is 17.9. The molecule has 0 radical (unpaired) electrons. The number of likely N-dealkylation sites (N-methyl/N-ethyl adjacent to an activating group) is 1. The van der Waals surface area contributed by atoms with Crippen LogP contribution in [0.4, 0.5) is 9.18 Å². The number of benzene rings is 2. The van der Waals surface area contributed by atoms with Crippen molar-refractivity contribution in [2.75, 3.05) is 27.2 Å². The fraction of sp³-hybridized carbons (Fsp3) is 0.316. The number of hydrogen-bond acceptors (Lipinski definition) is 2. The molecule has 0 saturated heterocycles. The Morgan fingerprint density at radius 3 is 2.33 bits per heavy atom. The Bertz CT molecular complexity index is 629. The first-order valence-corrected chi connectivity index (χ1v) is 8.04. The number of amides is 2. The van der Waals surface area contributed by atoms with E-state index in [2.05, 4.69) is 27.7 Å². The van der Waals surface area contributed by atoms with Crippen LogP contribution in [0.25, 0.3) is 0 Å². The minimum absolute atomic E-state index is 0.119. The van der Waals surface area contributed by atoms with Gasteiger partial charge in [-0.3, -0.25) is 0 Å². The van der Waals surface area contributed by atoms with Crippen molar-refractivity contribution in [3.63, 3.8) is 0 Å². The van der Waals surface area contributed by atoms with Crippen LogP contribution in [0.15, 0.2) is 54.6 Å². The fourth-order valence-electron chi connectivity index (χ4n) is 2.50. The van der Waals surface area contributed by atoms with Gasteiger partial charge in [0.1, 0.15) is 5.82 Å². The molecule has 1 atom stereocenters. The minimum atomic E-state index is -0.250. The highest BCUT2D eigenvalue weighted by atomic mass is 19.1. The fourth-order valence-corrected chi connectivity index (χ4v) is 2.50. The summed E-state index contributed by atoms with van der Waals surface area (Å²) in [5.74, 6) is -0.250. The van der Waals surface area contributed by atoms with Gasteiger partial charge in [0.05, 0.1) is 6.04 Å². The highest BCUT2D eigenvalue weighted by Crippen LogP contribution is 2.16. The van der Waals surface area contributed by atoms with Crippen molar-refractivity contribution in [1.29, 1.82) is 0 Å². The SMILES string of the molecule is CN(C)[C@@H](CNC(=O)NCCc1ccc(F)cc1)c1ccccc1. The molecule has 2 amide bonds. The second-order valence-electron chi connectivity index (χ2n) is 5.90. The quantitative estimate of drug-likeness (QED) is 0.820. The van der Waals surface area contributed by atoms with Gasteiger partial charge >= 0.3 is 6.03 Å². The summed E-state index contributed by atoms with van der Waals surface area (Å²) in [7, 11) is 3.98. The van der Waals surface area contributed by atoms with Crippen molar-refractivity contribution in [3.05, 3.63) is 71.5 Å². The van der Waals surface area contributed by atoms with Crippen molar-refractivity contribution in [2.24, 2.45) is 0 Å². The van der Waals surface area contributed by atoms with Crippen LogP contribution in [-0.2, 0) is 6.42 Å². The van der Waals surface area contributed by atoms with Crippen LogP contribution in [-0.4, -0.2) is 38.1 Å². The molecular weight excluding hydrogens is 305 g/mol. The summed E-state index contributed by atoms with van der Waals surface area (Å²) in [6.45, 7) is 1.04. The van der Waals surface area contributed by atoms with E-state index in [-0.39, 0.29) is 17.9 Å². The van der Waals surface area contributed by atoms with Crippen molar-refractivity contribution in [2.45, 2.75) is 12.5 Å². The van der Waals surface area contributed by atoms with E-state index in [4.69, 9.17) is 0 Å². The van der Waals surface area contributed by atoms with E-state index in [0.717, 1.165) is 11.1 Å². The molecule has 0 bridgehead atoms. The van der Waals surface area contributed by atoms with Crippen LogP contribution in [0, 0.1) is 5.82 Å². The van der Waals surface area contributed by atoms with Crippen molar-refractivity contribution in [1.82, 2.24) is 15.5 Å². The Morgan fingerprint density at radius 2 is 1.71 bits per heavy atom.